The summed E-state index contributed by atoms with van der Waals surface area (Å²) in [6.45, 7) is 7.40. The third-order valence-electron chi connectivity index (χ3n) is 6.77. The summed E-state index contributed by atoms with van der Waals surface area (Å²) < 4.78 is 2.09. The number of likely N-dealkylation sites (tertiary alicyclic amines) is 1. The lowest BCUT2D eigenvalue weighted by atomic mass is 10.1. The highest BCUT2D eigenvalue weighted by atomic mass is 79.9. The Kier molecular flexibility index (Phi) is 7.21. The van der Waals surface area contributed by atoms with Gasteiger partial charge in [0.2, 0.25) is 11.8 Å². The van der Waals surface area contributed by atoms with Gasteiger partial charge in [-0.25, -0.2) is 15.0 Å². The van der Waals surface area contributed by atoms with E-state index in [-0.39, 0.29) is 35.8 Å². The molecule has 4 aromatic heterocycles. The molecule has 11 nitrogen and oxygen atoms in total. The van der Waals surface area contributed by atoms with Gasteiger partial charge in [-0.1, -0.05) is 13.0 Å². The predicted molar refractivity (Wildman–Crippen MR) is 148 cm³/mol. The minimum Gasteiger partial charge on any atom is -0.329 e. The summed E-state index contributed by atoms with van der Waals surface area (Å²) in [5, 5.41) is 7.92. The van der Waals surface area contributed by atoms with Gasteiger partial charge < -0.3 is 10.2 Å². The zero-order valence-electron chi connectivity index (χ0n) is 22.0. The number of carbonyl (C=O) groups excluding carboxylic acids is 3. The molecule has 1 aliphatic heterocycles. The van der Waals surface area contributed by atoms with E-state index in [4.69, 9.17) is 0 Å². The Hall–Kier alpha value is -4.06. The maximum atomic E-state index is 13.5. The summed E-state index contributed by atoms with van der Waals surface area (Å²) in [7, 11) is 0. The summed E-state index contributed by atoms with van der Waals surface area (Å²) in [5.74, 6) is 0.446. The van der Waals surface area contributed by atoms with E-state index in [1.807, 2.05) is 19.9 Å². The quantitative estimate of drug-likeness (QED) is 0.265. The highest BCUT2D eigenvalue weighted by molar-refractivity contribution is 9.10. The Balaban J connectivity index is 1.41. The van der Waals surface area contributed by atoms with Gasteiger partial charge >= 0.3 is 0 Å². The molecule has 5 rings (SSSR count). The van der Waals surface area contributed by atoms with Crippen molar-refractivity contribution in [2.45, 2.75) is 46.7 Å². The zero-order chi connectivity index (χ0) is 27.8. The Morgan fingerprint density at radius 1 is 1.10 bits per heavy atom. The average molecular weight is 591 g/mol. The van der Waals surface area contributed by atoms with E-state index in [0.717, 1.165) is 5.56 Å². The van der Waals surface area contributed by atoms with Crippen molar-refractivity contribution < 1.29 is 14.4 Å². The number of carbonyl (C=O) groups is 3. The van der Waals surface area contributed by atoms with Crippen LogP contribution in [0.5, 0.6) is 0 Å². The van der Waals surface area contributed by atoms with Crippen LogP contribution in [0.2, 0.25) is 0 Å². The Labute approximate surface area is 233 Å². The summed E-state index contributed by atoms with van der Waals surface area (Å²) in [4.78, 5) is 58.1. The molecule has 12 heteroatoms. The van der Waals surface area contributed by atoms with Crippen molar-refractivity contribution >= 4 is 50.2 Å². The van der Waals surface area contributed by atoms with Crippen LogP contribution < -0.4 is 5.32 Å². The van der Waals surface area contributed by atoms with Gasteiger partial charge in [0.1, 0.15) is 34.5 Å². The van der Waals surface area contributed by atoms with Crippen molar-refractivity contribution in [3.8, 4) is 11.3 Å². The molecule has 1 saturated heterocycles. The molecule has 0 unspecified atom stereocenters. The van der Waals surface area contributed by atoms with Crippen LogP contribution in [-0.4, -0.2) is 64.8 Å². The lowest BCUT2D eigenvalue weighted by Gasteiger charge is -2.24. The van der Waals surface area contributed by atoms with E-state index in [9.17, 15) is 14.4 Å². The smallest absolute Gasteiger partial charge is 0.248 e. The maximum Gasteiger partial charge on any atom is 0.248 e. The molecule has 5 heterocycles. The van der Waals surface area contributed by atoms with Gasteiger partial charge in [-0.05, 0) is 59.8 Å². The van der Waals surface area contributed by atoms with Gasteiger partial charge in [0.25, 0.3) is 0 Å². The third kappa shape index (κ3) is 5.42. The van der Waals surface area contributed by atoms with Crippen molar-refractivity contribution in [2.24, 2.45) is 5.92 Å². The van der Waals surface area contributed by atoms with Gasteiger partial charge in [0.05, 0.1) is 17.4 Å². The minimum atomic E-state index is -0.645. The highest BCUT2D eigenvalue weighted by Gasteiger charge is 2.38. The monoisotopic (exact) mass is 590 g/mol. The number of aromatic nitrogens is 6. The molecule has 0 saturated carbocycles. The first-order chi connectivity index (χ1) is 18.6. The number of nitrogens with one attached hydrogen (secondary N) is 1. The molecule has 1 N–H and O–H groups in total. The number of ketones is 1. The Morgan fingerprint density at radius 2 is 1.85 bits per heavy atom. The third-order valence-corrected chi connectivity index (χ3v) is 7.21. The summed E-state index contributed by atoms with van der Waals surface area (Å²) in [6, 6.07) is 4.77. The van der Waals surface area contributed by atoms with E-state index in [1.165, 1.54) is 11.6 Å². The topological polar surface area (TPSA) is 136 Å². The van der Waals surface area contributed by atoms with Crippen molar-refractivity contribution in [1.29, 1.82) is 0 Å². The van der Waals surface area contributed by atoms with Gasteiger partial charge in [0, 0.05) is 36.8 Å². The van der Waals surface area contributed by atoms with Crippen molar-refractivity contribution in [1.82, 2.24) is 34.6 Å². The van der Waals surface area contributed by atoms with Crippen molar-refractivity contribution in [3.63, 3.8) is 0 Å². The maximum absolute atomic E-state index is 13.5. The molecule has 0 aromatic carbocycles. The number of Topliss-reactive ketones (excluding diaryl/α,β-unsaturated/α-hetero) is 1. The van der Waals surface area contributed by atoms with E-state index >= 15 is 0 Å². The van der Waals surface area contributed by atoms with Crippen LogP contribution in [0, 0.1) is 19.8 Å². The molecule has 39 heavy (non-hydrogen) atoms. The standard InChI is InChI=1S/C27H27BrN8O3/c1-14-7-21(27(39)33-26-15(2)5-6-23(28)32-26)35(12-14)24(38)13-36-22-11-31-20(18-9-29-17(4)30-10-18)8-19(22)25(34-36)16(3)37/h5-6,8-11,14,21H,7,12-13H2,1-4H3,(H,32,33,39)/t14-,21+/m1/s1. The zero-order valence-corrected chi connectivity index (χ0v) is 23.6. The van der Waals surface area contributed by atoms with Crippen LogP contribution in [-0.2, 0) is 16.1 Å². The SMILES string of the molecule is CC(=O)c1nn(CC(=O)N2C[C@H](C)C[C@H]2C(=O)Nc2nc(Br)ccc2C)c2cnc(-c3cnc(C)nc3)cc12. The molecule has 4 aromatic rings. The predicted octanol–water partition coefficient (Wildman–Crippen LogP) is 3.74. The van der Waals surface area contributed by atoms with Crippen LogP contribution in [0.15, 0.2) is 41.4 Å². The van der Waals surface area contributed by atoms with Gasteiger partial charge in [-0.2, -0.15) is 5.10 Å². The second kappa shape index (κ2) is 10.6. The van der Waals surface area contributed by atoms with E-state index in [2.05, 4.69) is 46.3 Å². The number of hydrogen-bond acceptors (Lipinski definition) is 8. The summed E-state index contributed by atoms with van der Waals surface area (Å²) in [5.41, 5.74) is 2.91. The van der Waals surface area contributed by atoms with Crippen LogP contribution in [0.4, 0.5) is 5.82 Å². The number of pyridine rings is 2. The number of halogens is 1. The van der Waals surface area contributed by atoms with Crippen LogP contribution in [0.3, 0.4) is 0 Å². The largest absolute Gasteiger partial charge is 0.329 e. The van der Waals surface area contributed by atoms with Crippen LogP contribution in [0.1, 0.15) is 42.1 Å². The summed E-state index contributed by atoms with van der Waals surface area (Å²) in [6.07, 6.45) is 5.47. The number of hydrogen-bond donors (Lipinski definition) is 1. The van der Waals surface area contributed by atoms with Crippen LogP contribution >= 0.6 is 15.9 Å². The molecular formula is C27H27BrN8O3. The first kappa shape index (κ1) is 26.5. The molecule has 200 valence electrons. The van der Waals surface area contributed by atoms with E-state index < -0.39 is 6.04 Å². The fraction of sp³-hybridized carbons (Fsp3) is 0.333. The highest BCUT2D eigenvalue weighted by Crippen LogP contribution is 2.27. The van der Waals surface area contributed by atoms with Gasteiger partial charge in [-0.15, -0.1) is 0 Å². The number of aryl methyl sites for hydroxylation is 2. The molecule has 0 spiro atoms. The Morgan fingerprint density at radius 3 is 2.56 bits per heavy atom. The fourth-order valence-electron chi connectivity index (χ4n) is 4.76. The molecule has 2 amide bonds. The molecule has 2 atom stereocenters. The number of anilines is 1. The average Bonchev–Trinajstić information content (AvgIpc) is 3.47. The van der Waals surface area contributed by atoms with E-state index in [0.29, 0.717) is 51.4 Å². The molecule has 0 bridgehead atoms. The van der Waals surface area contributed by atoms with Crippen molar-refractivity contribution in [2.75, 3.05) is 11.9 Å². The lowest BCUT2D eigenvalue weighted by molar-refractivity contribution is -0.137. The number of rotatable bonds is 6. The van der Waals surface area contributed by atoms with Crippen molar-refractivity contribution in [3.05, 3.63) is 58.5 Å². The number of amides is 2. The van der Waals surface area contributed by atoms with Crippen LogP contribution in [0.25, 0.3) is 22.2 Å². The van der Waals surface area contributed by atoms with E-state index in [1.54, 1.807) is 42.5 Å². The molecule has 1 aliphatic rings. The molecule has 1 fully saturated rings. The molecule has 0 aliphatic carbocycles. The normalized spacial score (nSPS) is 17.0. The molecule has 0 radical (unpaired) electrons. The second-order valence-corrected chi connectivity index (χ2v) is 10.7. The second-order valence-electron chi connectivity index (χ2n) is 9.86. The number of nitrogens with zero attached hydrogens (tertiary/aromatic N) is 7. The van der Waals surface area contributed by atoms with Gasteiger partial charge in [-0.3, -0.25) is 24.0 Å². The lowest BCUT2D eigenvalue weighted by Crippen LogP contribution is -2.44. The minimum absolute atomic E-state index is 0.136. The first-order valence-electron chi connectivity index (χ1n) is 12.5. The first-order valence-corrected chi connectivity index (χ1v) is 13.3. The summed E-state index contributed by atoms with van der Waals surface area (Å²) >= 11 is 3.33. The Bertz CT molecular complexity index is 1600. The number of fused-ring (bicyclic) bond motifs is 1. The fourth-order valence-corrected chi connectivity index (χ4v) is 5.07. The molecular weight excluding hydrogens is 564 g/mol. The van der Waals surface area contributed by atoms with Gasteiger partial charge in [0.15, 0.2) is 5.78 Å².